The van der Waals surface area contributed by atoms with Crippen LogP contribution in [-0.2, 0) is 9.53 Å². The maximum Gasteiger partial charge on any atom is 0.344 e. The van der Waals surface area contributed by atoms with E-state index >= 15 is 0 Å². The van der Waals surface area contributed by atoms with E-state index in [0.717, 1.165) is 17.3 Å². The van der Waals surface area contributed by atoms with E-state index in [1.54, 1.807) is 55.5 Å². The smallest absolute Gasteiger partial charge is 0.344 e. The van der Waals surface area contributed by atoms with Crippen molar-refractivity contribution >= 4 is 46.4 Å². The number of benzene rings is 2. The summed E-state index contributed by atoms with van der Waals surface area (Å²) in [6, 6.07) is 13.4. The summed E-state index contributed by atoms with van der Waals surface area (Å²) >= 11 is 7.07. The van der Waals surface area contributed by atoms with Gasteiger partial charge in [0.15, 0.2) is 0 Å². The van der Waals surface area contributed by atoms with Gasteiger partial charge in [0.2, 0.25) is 0 Å². The number of carbonyl (C=O) groups is 2. The lowest BCUT2D eigenvalue weighted by molar-refractivity contribution is -0.138. The Labute approximate surface area is 194 Å². The van der Waals surface area contributed by atoms with Gasteiger partial charge in [0, 0.05) is 0 Å². The van der Waals surface area contributed by atoms with Crippen LogP contribution in [0.2, 0.25) is 5.02 Å². The second kappa shape index (κ2) is 10.7. The van der Waals surface area contributed by atoms with Crippen molar-refractivity contribution in [3.05, 3.63) is 80.9 Å². The van der Waals surface area contributed by atoms with Crippen LogP contribution in [0.15, 0.2) is 69.8 Å². The normalized spacial score (nSPS) is 15.7. The molecule has 0 unspecified atom stereocenters. The molecule has 2 aromatic rings. The summed E-state index contributed by atoms with van der Waals surface area (Å²) in [6.45, 7) is 1.90. The Morgan fingerprint density at radius 1 is 1.22 bits per heavy atom. The van der Waals surface area contributed by atoms with Gasteiger partial charge in [0.05, 0.1) is 22.1 Å². The summed E-state index contributed by atoms with van der Waals surface area (Å²) in [5.41, 5.74) is 0.747. The minimum Gasteiger partial charge on any atom is -0.506 e. The number of amides is 1. The van der Waals surface area contributed by atoms with Crippen molar-refractivity contribution in [1.29, 1.82) is 0 Å². The highest BCUT2D eigenvalue weighted by atomic mass is 35.5. The van der Waals surface area contributed by atoms with Crippen molar-refractivity contribution in [3.8, 4) is 18.1 Å². The maximum atomic E-state index is 12.7. The number of terminal acetylenes is 1. The first-order valence-electron chi connectivity index (χ1n) is 9.49. The predicted molar refractivity (Wildman–Crippen MR) is 126 cm³/mol. The average molecular weight is 468 g/mol. The van der Waals surface area contributed by atoms with Crippen molar-refractivity contribution in [2.45, 2.75) is 6.92 Å². The van der Waals surface area contributed by atoms with E-state index in [9.17, 15) is 14.7 Å². The molecular weight excluding hydrogens is 450 g/mol. The average Bonchev–Trinajstić information content (AvgIpc) is 3.08. The van der Waals surface area contributed by atoms with Crippen LogP contribution in [0.1, 0.15) is 22.8 Å². The van der Waals surface area contributed by atoms with Crippen LogP contribution < -0.4 is 4.74 Å². The van der Waals surface area contributed by atoms with Crippen molar-refractivity contribution < 1.29 is 24.2 Å². The molecule has 0 aliphatic carbocycles. The molecule has 32 heavy (non-hydrogen) atoms. The van der Waals surface area contributed by atoms with Crippen molar-refractivity contribution in [2.75, 3.05) is 13.2 Å². The molecule has 6 nitrogen and oxygen atoms in total. The zero-order chi connectivity index (χ0) is 23.1. The molecule has 0 atom stereocenters. The molecule has 0 saturated heterocycles. The molecule has 0 spiro atoms. The standard InChI is InChI=1S/C24H18ClNO5S/c1-3-13-31-16-11-9-15(10-12-16)14-19-21(27)20(24(29)30-4-2)23(32-19)26-22(28)17-7-5-6-8-18(17)25/h1,5-12,14,27H,4,13H2,2H3/b19-14+,26-23?. The van der Waals surface area contributed by atoms with E-state index in [1.165, 1.54) is 6.07 Å². The first-order valence-corrected chi connectivity index (χ1v) is 10.7. The molecule has 0 aromatic heterocycles. The van der Waals surface area contributed by atoms with Crippen LogP contribution in [-0.4, -0.2) is 35.2 Å². The highest BCUT2D eigenvalue weighted by Gasteiger charge is 2.34. The number of hydrogen-bond donors (Lipinski definition) is 1. The minimum absolute atomic E-state index is 0.0334. The van der Waals surface area contributed by atoms with Crippen molar-refractivity contribution in [3.63, 3.8) is 0 Å². The van der Waals surface area contributed by atoms with Crippen LogP contribution in [0.25, 0.3) is 6.08 Å². The fourth-order valence-corrected chi connectivity index (χ4v) is 3.94. The van der Waals surface area contributed by atoms with Crippen molar-refractivity contribution in [1.82, 2.24) is 0 Å². The molecule has 0 radical (unpaired) electrons. The van der Waals surface area contributed by atoms with E-state index in [4.69, 9.17) is 27.5 Å². The Balaban J connectivity index is 1.95. The van der Waals surface area contributed by atoms with Crippen molar-refractivity contribution in [2.24, 2.45) is 4.99 Å². The molecule has 1 aliphatic rings. The minimum atomic E-state index is -0.773. The second-order valence-electron chi connectivity index (χ2n) is 6.32. The number of halogens is 1. The fraction of sp³-hybridized carbons (Fsp3) is 0.125. The molecule has 1 aliphatic heterocycles. The first kappa shape index (κ1) is 23.2. The Morgan fingerprint density at radius 2 is 1.94 bits per heavy atom. The van der Waals surface area contributed by atoms with Crippen LogP contribution in [0.3, 0.4) is 0 Å². The highest BCUT2D eigenvalue weighted by Crippen LogP contribution is 2.39. The molecule has 0 fully saturated rings. The van der Waals surface area contributed by atoms with Gasteiger partial charge in [-0.15, -0.1) is 6.42 Å². The molecule has 1 heterocycles. The van der Waals surface area contributed by atoms with Crippen LogP contribution in [0.5, 0.6) is 5.75 Å². The van der Waals surface area contributed by atoms with Gasteiger partial charge in [-0.1, -0.05) is 53.5 Å². The zero-order valence-corrected chi connectivity index (χ0v) is 18.6. The number of ether oxygens (including phenoxy) is 2. The Bertz CT molecular complexity index is 1180. The number of aliphatic hydroxyl groups is 1. The highest BCUT2D eigenvalue weighted by molar-refractivity contribution is 8.18. The van der Waals surface area contributed by atoms with E-state index in [1.807, 2.05) is 0 Å². The third-order valence-electron chi connectivity index (χ3n) is 4.18. The molecule has 1 amide bonds. The number of esters is 1. The lowest BCUT2D eigenvalue weighted by atomic mass is 10.1. The number of aliphatic hydroxyl groups excluding tert-OH is 1. The summed E-state index contributed by atoms with van der Waals surface area (Å²) in [5.74, 6) is 1.27. The van der Waals surface area contributed by atoms with Gasteiger partial charge >= 0.3 is 5.97 Å². The molecular formula is C24H18ClNO5S. The third kappa shape index (κ3) is 5.41. The molecule has 2 aromatic carbocycles. The molecule has 1 N–H and O–H groups in total. The van der Waals surface area contributed by atoms with E-state index in [-0.39, 0.29) is 40.2 Å². The number of rotatable bonds is 6. The number of hydrogen-bond acceptors (Lipinski definition) is 6. The molecule has 0 saturated carbocycles. The monoisotopic (exact) mass is 467 g/mol. The summed E-state index contributed by atoms with van der Waals surface area (Å²) in [6.07, 6.45) is 6.84. The SMILES string of the molecule is C#CCOc1ccc(/C=C2/SC(=NC(=O)c3ccccc3Cl)C(C(=O)OCC)=C2O)cc1. The van der Waals surface area contributed by atoms with Gasteiger partial charge in [-0.05, 0) is 42.8 Å². The topological polar surface area (TPSA) is 85.2 Å². The first-order chi connectivity index (χ1) is 15.4. The van der Waals surface area contributed by atoms with Gasteiger partial charge < -0.3 is 14.6 Å². The summed E-state index contributed by atoms with van der Waals surface area (Å²) in [5, 5.41) is 11.0. The predicted octanol–water partition coefficient (Wildman–Crippen LogP) is 5.05. The summed E-state index contributed by atoms with van der Waals surface area (Å²) < 4.78 is 10.4. The molecule has 3 rings (SSSR count). The zero-order valence-electron chi connectivity index (χ0n) is 17.0. The third-order valence-corrected chi connectivity index (χ3v) is 5.53. The lowest BCUT2D eigenvalue weighted by Crippen LogP contribution is -2.14. The van der Waals surface area contributed by atoms with Crippen LogP contribution in [0, 0.1) is 12.3 Å². The molecule has 162 valence electrons. The molecule has 8 heteroatoms. The van der Waals surface area contributed by atoms with E-state index in [0.29, 0.717) is 10.7 Å². The Hall–Kier alpha value is -3.47. The van der Waals surface area contributed by atoms with E-state index in [2.05, 4.69) is 10.9 Å². The Kier molecular flexibility index (Phi) is 7.77. The summed E-state index contributed by atoms with van der Waals surface area (Å²) in [7, 11) is 0. The fourth-order valence-electron chi connectivity index (χ4n) is 2.72. The largest absolute Gasteiger partial charge is 0.506 e. The van der Waals surface area contributed by atoms with E-state index < -0.39 is 11.9 Å². The summed E-state index contributed by atoms with van der Waals surface area (Å²) in [4.78, 5) is 29.5. The number of thioether (sulfide) groups is 1. The van der Waals surface area contributed by atoms with Crippen LogP contribution in [0.4, 0.5) is 0 Å². The lowest BCUT2D eigenvalue weighted by Gasteiger charge is -2.04. The van der Waals surface area contributed by atoms with Gasteiger partial charge in [-0.3, -0.25) is 4.79 Å². The van der Waals surface area contributed by atoms with Crippen LogP contribution >= 0.6 is 23.4 Å². The van der Waals surface area contributed by atoms with Gasteiger partial charge in [-0.25, -0.2) is 9.79 Å². The quantitative estimate of drug-likeness (QED) is 0.472. The maximum absolute atomic E-state index is 12.7. The Morgan fingerprint density at radius 3 is 2.59 bits per heavy atom. The van der Waals surface area contributed by atoms with Gasteiger partial charge in [0.25, 0.3) is 5.91 Å². The second-order valence-corrected chi connectivity index (χ2v) is 7.76. The number of nitrogens with zero attached hydrogens (tertiary/aromatic N) is 1. The molecule has 0 bridgehead atoms. The number of carbonyl (C=O) groups excluding carboxylic acids is 2. The van der Waals surface area contributed by atoms with Gasteiger partial charge in [0.1, 0.15) is 28.7 Å². The number of aliphatic imine (C=N–C) groups is 1. The van der Waals surface area contributed by atoms with Gasteiger partial charge in [-0.2, -0.15) is 0 Å².